The van der Waals surface area contributed by atoms with Crippen LogP contribution in [-0.2, 0) is 0 Å². The van der Waals surface area contributed by atoms with Crippen LogP contribution in [0.2, 0.25) is 0 Å². The van der Waals surface area contributed by atoms with E-state index in [1.54, 1.807) is 7.05 Å². The molecule has 0 atom stereocenters. The molecule has 3 heteroatoms. The van der Waals surface area contributed by atoms with Crippen LogP contribution >= 0.6 is 0 Å². The maximum absolute atomic E-state index is 3.25. The topological polar surface area (TPSA) is 27.6 Å². The summed E-state index contributed by atoms with van der Waals surface area (Å²) in [5.74, 6) is 0. The molecular formula is CH6INPb+4. The van der Waals surface area contributed by atoms with Gasteiger partial charge in [0.05, 0.1) is 7.05 Å². The third-order valence-electron chi connectivity index (χ3n) is 0. The molecule has 1 nitrogen and oxygen atoms in total. The summed E-state index contributed by atoms with van der Waals surface area (Å²) in [5.41, 5.74) is 3.25. The minimum Gasteiger partial charge on any atom is -0.360 e. The zero-order valence-corrected chi connectivity index (χ0v) is 8.63. The number of halogens is 1. The summed E-state index contributed by atoms with van der Waals surface area (Å²) < 4.78 is 0. The van der Waals surface area contributed by atoms with Crippen molar-refractivity contribution in [3.05, 3.63) is 0 Å². The Labute approximate surface area is 63.5 Å². The summed E-state index contributed by atoms with van der Waals surface area (Å²) in [6.45, 7) is 0. The first-order valence-corrected chi connectivity index (χ1v) is 0.707. The molecule has 0 aromatic heterocycles. The van der Waals surface area contributed by atoms with Crippen LogP contribution in [0.5, 0.6) is 0 Å². The molecule has 22 valence electrons. The molecule has 4 heavy (non-hydrogen) atoms. The van der Waals surface area contributed by atoms with E-state index in [2.05, 4.69) is 5.73 Å². The van der Waals surface area contributed by atoms with Crippen molar-refractivity contribution in [2.75, 3.05) is 7.05 Å². The monoisotopic (exact) mass is 367 g/mol. The van der Waals surface area contributed by atoms with Crippen molar-refractivity contribution in [3.8, 4) is 0 Å². The smallest absolute Gasteiger partial charge is 0.360 e. The molecule has 0 aliphatic rings. The normalized spacial score (nSPS) is 1.50. The van der Waals surface area contributed by atoms with Gasteiger partial charge in [-0.1, -0.05) is 0 Å². The summed E-state index contributed by atoms with van der Waals surface area (Å²) in [5, 5.41) is 0. The van der Waals surface area contributed by atoms with Gasteiger partial charge in [-0.05, 0) is 0 Å². The van der Waals surface area contributed by atoms with E-state index >= 15 is 0 Å². The summed E-state index contributed by atoms with van der Waals surface area (Å²) in [6, 6.07) is 0. The second kappa shape index (κ2) is 23.2. The first kappa shape index (κ1) is 17.5. The summed E-state index contributed by atoms with van der Waals surface area (Å²) in [6.07, 6.45) is 0. The Morgan fingerprint density at radius 1 is 1.25 bits per heavy atom. The Balaban J connectivity index is -0.00000000500. The Morgan fingerprint density at radius 3 is 1.25 bits per heavy atom. The van der Waals surface area contributed by atoms with Crippen molar-refractivity contribution in [3.63, 3.8) is 0 Å². The molecule has 0 aliphatic carbocycles. The van der Waals surface area contributed by atoms with Gasteiger partial charge in [-0.25, -0.2) is 0 Å². The van der Waals surface area contributed by atoms with E-state index in [1.807, 2.05) is 0 Å². The van der Waals surface area contributed by atoms with Gasteiger partial charge in [0.15, 0.2) is 0 Å². The predicted octanol–water partition coefficient (Wildman–Crippen LogP) is -4.52. The standard InChI is InChI=1S/CH5N.I.Pb/c1-2;;/h2H2,1H3;;/q;+1;+2/p+1. The van der Waals surface area contributed by atoms with Crippen LogP contribution in [-0.4, -0.2) is 34.3 Å². The number of hydrogen-bond acceptors (Lipinski definition) is 0. The molecule has 0 heterocycles. The number of rotatable bonds is 0. The Kier molecular flexibility index (Phi) is 101. The van der Waals surface area contributed by atoms with Crippen LogP contribution in [0.4, 0.5) is 0 Å². The molecule has 0 saturated carbocycles. The first-order valence-electron chi connectivity index (χ1n) is 0.707. The van der Waals surface area contributed by atoms with Crippen molar-refractivity contribution in [2.24, 2.45) is 0 Å². The van der Waals surface area contributed by atoms with Gasteiger partial charge in [0.2, 0.25) is 0 Å². The van der Waals surface area contributed by atoms with Crippen LogP contribution in [0.3, 0.4) is 0 Å². The largest absolute Gasteiger partial charge is 2.00 e. The molecular weight excluding hydrogens is 360 g/mol. The van der Waals surface area contributed by atoms with Crippen LogP contribution in [0, 0.1) is 0 Å². The minimum atomic E-state index is 0. The van der Waals surface area contributed by atoms with Gasteiger partial charge in [-0.15, -0.1) is 0 Å². The Bertz CT molecular complexity index is 8.00. The zero-order valence-electron chi connectivity index (χ0n) is 2.59. The fraction of sp³-hybridized carbons (Fsp3) is 1.00. The minimum absolute atomic E-state index is 0. The molecule has 3 N–H and O–H groups in total. The molecule has 0 fully saturated rings. The second-order valence-electron chi connectivity index (χ2n) is 0. The average molecular weight is 366 g/mol. The fourth-order valence-electron chi connectivity index (χ4n) is 0. The molecule has 0 spiro atoms. The van der Waals surface area contributed by atoms with Crippen molar-refractivity contribution < 1.29 is 29.7 Å². The van der Waals surface area contributed by atoms with Crippen LogP contribution in [0.25, 0.3) is 0 Å². The molecule has 0 rings (SSSR count). The van der Waals surface area contributed by atoms with E-state index in [-0.39, 0.29) is 51.3 Å². The van der Waals surface area contributed by atoms with Crippen molar-refractivity contribution >= 4 is 27.3 Å². The van der Waals surface area contributed by atoms with Gasteiger partial charge in [-0.2, -0.15) is 0 Å². The predicted molar refractivity (Wildman–Crippen MR) is 14.6 cm³/mol. The maximum atomic E-state index is 3.25. The van der Waals surface area contributed by atoms with E-state index in [4.69, 9.17) is 0 Å². The molecule has 4 radical (unpaired) electrons. The first-order chi connectivity index (χ1) is 1.00. The summed E-state index contributed by atoms with van der Waals surface area (Å²) in [7, 11) is 1.75. The Morgan fingerprint density at radius 2 is 1.25 bits per heavy atom. The van der Waals surface area contributed by atoms with Crippen LogP contribution in [0.1, 0.15) is 0 Å². The molecule has 0 saturated heterocycles. The molecule has 0 aromatic carbocycles. The van der Waals surface area contributed by atoms with Gasteiger partial charge in [-0.3, -0.25) is 0 Å². The number of quaternary nitrogens is 1. The molecule has 0 amide bonds. The van der Waals surface area contributed by atoms with E-state index < -0.39 is 0 Å². The van der Waals surface area contributed by atoms with Crippen LogP contribution in [0.15, 0.2) is 0 Å². The van der Waals surface area contributed by atoms with Gasteiger partial charge >= 0.3 is 51.3 Å². The van der Waals surface area contributed by atoms with E-state index in [9.17, 15) is 0 Å². The average Bonchev–Trinajstić information content (AvgIpc) is 1.00. The van der Waals surface area contributed by atoms with Gasteiger partial charge in [0, 0.05) is 0 Å². The Hall–Kier alpha value is 1.61. The van der Waals surface area contributed by atoms with E-state index in [1.165, 1.54) is 0 Å². The third-order valence-corrected chi connectivity index (χ3v) is 0. The fourth-order valence-corrected chi connectivity index (χ4v) is 0. The maximum Gasteiger partial charge on any atom is 2.00 e. The zero-order chi connectivity index (χ0) is 2.00. The van der Waals surface area contributed by atoms with Crippen molar-refractivity contribution in [1.29, 1.82) is 0 Å². The molecule has 0 aliphatic heterocycles. The van der Waals surface area contributed by atoms with Gasteiger partial charge in [0.1, 0.15) is 0 Å². The molecule has 0 unspecified atom stereocenters. The van der Waals surface area contributed by atoms with E-state index in [0.29, 0.717) is 0 Å². The van der Waals surface area contributed by atoms with E-state index in [0.717, 1.165) is 0 Å². The number of hydrogen-bond donors (Lipinski definition) is 1. The van der Waals surface area contributed by atoms with Gasteiger partial charge < -0.3 is 5.73 Å². The second-order valence-corrected chi connectivity index (χ2v) is 0. The van der Waals surface area contributed by atoms with Crippen molar-refractivity contribution in [1.82, 2.24) is 0 Å². The summed E-state index contributed by atoms with van der Waals surface area (Å²) in [4.78, 5) is 0. The SMILES string of the molecule is C[NH3+].[I+].[Pb+2]. The quantitative estimate of drug-likeness (QED) is 0.331. The van der Waals surface area contributed by atoms with Crippen LogP contribution < -0.4 is 29.7 Å². The third kappa shape index (κ3) is 9.48. The van der Waals surface area contributed by atoms with Crippen molar-refractivity contribution in [2.45, 2.75) is 0 Å². The molecule has 0 aromatic rings. The molecule has 0 bridgehead atoms. The summed E-state index contributed by atoms with van der Waals surface area (Å²) >= 11 is 0. The van der Waals surface area contributed by atoms with Gasteiger partial charge in [0.25, 0.3) is 0 Å².